The zero-order valence-electron chi connectivity index (χ0n) is 19.9. The van der Waals surface area contributed by atoms with E-state index in [2.05, 4.69) is 0 Å². The van der Waals surface area contributed by atoms with E-state index in [4.69, 9.17) is 18.9 Å². The van der Waals surface area contributed by atoms with Crippen molar-refractivity contribution in [3.63, 3.8) is 0 Å². The first kappa shape index (κ1) is 28.1. The lowest BCUT2D eigenvalue weighted by Crippen LogP contribution is -2.67. The Morgan fingerprint density at radius 3 is 1.12 bits per heavy atom. The van der Waals surface area contributed by atoms with Gasteiger partial charge in [-0.3, -0.25) is 4.79 Å². The van der Waals surface area contributed by atoms with Gasteiger partial charge in [0, 0.05) is 23.6 Å². The van der Waals surface area contributed by atoms with E-state index in [0.717, 1.165) is 6.92 Å². The first-order valence-corrected chi connectivity index (χ1v) is 10.4. The molecule has 6 atom stereocenters. The Hall–Kier alpha value is -2.98. The lowest BCUT2D eigenvalue weighted by Gasteiger charge is -2.45. The second kappa shape index (κ2) is 12.3. The fraction of sp³-hybridized carbons (Fsp3) is 0.565. The van der Waals surface area contributed by atoms with Crippen LogP contribution in [0.4, 0.5) is 0 Å². The smallest absolute Gasteiger partial charge is 0.333 e. The Labute approximate surface area is 192 Å². The summed E-state index contributed by atoms with van der Waals surface area (Å²) in [6.07, 6.45) is -5.68. The van der Waals surface area contributed by atoms with Gasteiger partial charge in [-0.25, -0.2) is 14.4 Å². The lowest BCUT2D eigenvalue weighted by atomic mass is 9.84. The van der Waals surface area contributed by atoms with E-state index in [9.17, 15) is 29.4 Å². The molecule has 1 rings (SSSR count). The van der Waals surface area contributed by atoms with Gasteiger partial charge in [0.1, 0.15) is 12.2 Å². The summed E-state index contributed by atoms with van der Waals surface area (Å²) >= 11 is 0. The van der Waals surface area contributed by atoms with E-state index in [1.165, 1.54) is 39.0 Å². The van der Waals surface area contributed by atoms with Gasteiger partial charge in [-0.15, -0.1) is 0 Å². The number of hydrogen-bond donors (Lipinski definition) is 2. The minimum atomic E-state index is -1.79. The molecule has 1 aliphatic rings. The van der Waals surface area contributed by atoms with Crippen molar-refractivity contribution in [2.24, 2.45) is 0 Å². The van der Waals surface area contributed by atoms with Gasteiger partial charge in [-0.2, -0.15) is 0 Å². The maximum atomic E-state index is 12.5. The van der Waals surface area contributed by atoms with Crippen molar-refractivity contribution < 1.29 is 48.3 Å². The van der Waals surface area contributed by atoms with Crippen LogP contribution in [-0.4, -0.2) is 70.7 Å². The summed E-state index contributed by atoms with van der Waals surface area (Å²) in [5, 5.41) is 21.7. The van der Waals surface area contributed by atoms with Gasteiger partial charge in [-0.1, -0.05) is 18.2 Å². The van der Waals surface area contributed by atoms with Crippen molar-refractivity contribution in [1.29, 1.82) is 0 Å². The highest BCUT2D eigenvalue weighted by Gasteiger charge is 2.57. The Kier molecular flexibility index (Phi) is 10.5. The van der Waals surface area contributed by atoms with Gasteiger partial charge in [0.2, 0.25) is 0 Å². The molecule has 0 amide bonds. The second-order valence-corrected chi connectivity index (χ2v) is 7.58. The predicted molar refractivity (Wildman–Crippen MR) is 116 cm³/mol. The maximum absolute atomic E-state index is 12.5. The molecular formula is C23H32O10. The molecule has 0 bridgehead atoms. The third-order valence-electron chi connectivity index (χ3n) is 5.29. The number of carbonyl (C=O) groups is 4. The largest absolute Gasteiger partial charge is 0.457 e. The van der Waals surface area contributed by atoms with E-state index < -0.39 is 60.5 Å². The molecule has 10 nitrogen and oxygen atoms in total. The fourth-order valence-corrected chi connectivity index (χ4v) is 2.89. The molecule has 0 aromatic rings. The van der Waals surface area contributed by atoms with Crippen LogP contribution in [0.25, 0.3) is 0 Å². The molecule has 1 fully saturated rings. The van der Waals surface area contributed by atoms with Gasteiger partial charge < -0.3 is 29.2 Å². The van der Waals surface area contributed by atoms with E-state index in [1.807, 2.05) is 0 Å². The zero-order valence-corrected chi connectivity index (χ0v) is 19.9. The Bertz CT molecular complexity index is 807. The third kappa shape index (κ3) is 7.00. The number of rotatable bonds is 7. The van der Waals surface area contributed by atoms with Crippen molar-refractivity contribution in [1.82, 2.24) is 0 Å². The maximum Gasteiger partial charge on any atom is 0.333 e. The molecular weight excluding hydrogens is 436 g/mol. The topological polar surface area (TPSA) is 146 Å². The van der Waals surface area contributed by atoms with Crippen LogP contribution in [0.15, 0.2) is 34.9 Å². The van der Waals surface area contributed by atoms with Crippen LogP contribution in [0, 0.1) is 0 Å². The van der Waals surface area contributed by atoms with Gasteiger partial charge in [0.15, 0.2) is 24.4 Å². The monoisotopic (exact) mass is 468 g/mol. The van der Waals surface area contributed by atoms with Crippen LogP contribution in [-0.2, 0) is 38.1 Å². The molecule has 10 heteroatoms. The average molecular weight is 468 g/mol. The molecule has 2 unspecified atom stereocenters. The molecule has 0 saturated heterocycles. The quantitative estimate of drug-likeness (QED) is 0.318. The SMILES string of the molecule is C/C=C(/C)C(=O)OC1[C@@H](OC(=O)/C(C)=C\C)[C@H](O)C(OC(C)=O)[C@@H](O)[C@H]1OC(=O)/C(C)=C\C. The van der Waals surface area contributed by atoms with Crippen LogP contribution in [0.3, 0.4) is 0 Å². The number of aliphatic hydroxyl groups is 2. The van der Waals surface area contributed by atoms with Crippen molar-refractivity contribution in [3.8, 4) is 0 Å². The number of esters is 4. The molecule has 2 N–H and O–H groups in total. The summed E-state index contributed by atoms with van der Waals surface area (Å²) in [5.74, 6) is -3.39. The molecule has 1 saturated carbocycles. The average Bonchev–Trinajstić information content (AvgIpc) is 2.79. The van der Waals surface area contributed by atoms with Crippen molar-refractivity contribution in [2.45, 2.75) is 85.1 Å². The number of ether oxygens (including phenoxy) is 4. The highest BCUT2D eigenvalue weighted by atomic mass is 16.6. The van der Waals surface area contributed by atoms with Gasteiger partial charge >= 0.3 is 23.9 Å². The number of aliphatic hydroxyl groups excluding tert-OH is 2. The molecule has 0 spiro atoms. The van der Waals surface area contributed by atoms with Crippen molar-refractivity contribution in [2.75, 3.05) is 0 Å². The summed E-state index contributed by atoms with van der Waals surface area (Å²) in [5.41, 5.74) is 0.557. The normalized spacial score (nSPS) is 28.6. The highest BCUT2D eigenvalue weighted by Crippen LogP contribution is 2.32. The van der Waals surface area contributed by atoms with E-state index >= 15 is 0 Å². The summed E-state index contributed by atoms with van der Waals surface area (Å²) in [6, 6.07) is 0. The van der Waals surface area contributed by atoms with Crippen LogP contribution >= 0.6 is 0 Å². The van der Waals surface area contributed by atoms with E-state index in [0.29, 0.717) is 0 Å². The zero-order chi connectivity index (χ0) is 25.5. The fourth-order valence-electron chi connectivity index (χ4n) is 2.89. The standard InChI is InChI=1S/C23H32O10/c1-8-11(4)21(27)31-18-15(25)17(30-14(7)24)16(26)19(32-22(28)12(5)9-2)20(18)33-23(29)13(6)10-3/h8-10,15-20,25-26H,1-7H3/b11-8-,12-9-,13-10-/t15-,16-,17?,18-,19+,20?/m1/s1. The van der Waals surface area contributed by atoms with Gasteiger partial charge in [-0.05, 0) is 41.5 Å². The molecule has 0 radical (unpaired) electrons. The van der Waals surface area contributed by atoms with E-state index in [-0.39, 0.29) is 16.7 Å². The molecule has 0 heterocycles. The summed E-state index contributed by atoms with van der Waals surface area (Å²) in [4.78, 5) is 49.0. The Morgan fingerprint density at radius 1 is 0.545 bits per heavy atom. The van der Waals surface area contributed by atoms with Crippen LogP contribution in [0.2, 0.25) is 0 Å². The molecule has 1 aliphatic carbocycles. The molecule has 33 heavy (non-hydrogen) atoms. The Balaban J connectivity index is 3.55. The van der Waals surface area contributed by atoms with Gasteiger partial charge in [0.05, 0.1) is 0 Å². The molecule has 0 aromatic heterocycles. The predicted octanol–water partition coefficient (Wildman–Crippen LogP) is 1.29. The first-order valence-electron chi connectivity index (χ1n) is 10.4. The molecule has 0 aromatic carbocycles. The van der Waals surface area contributed by atoms with Crippen molar-refractivity contribution in [3.05, 3.63) is 34.9 Å². The van der Waals surface area contributed by atoms with E-state index in [1.54, 1.807) is 20.8 Å². The minimum Gasteiger partial charge on any atom is -0.457 e. The Morgan fingerprint density at radius 2 is 0.848 bits per heavy atom. The number of hydrogen-bond acceptors (Lipinski definition) is 10. The lowest BCUT2D eigenvalue weighted by molar-refractivity contribution is -0.249. The second-order valence-electron chi connectivity index (χ2n) is 7.58. The summed E-state index contributed by atoms with van der Waals surface area (Å²) in [6.45, 7) is 10.2. The van der Waals surface area contributed by atoms with Crippen LogP contribution < -0.4 is 0 Å². The number of allylic oxidation sites excluding steroid dienone is 3. The van der Waals surface area contributed by atoms with Crippen molar-refractivity contribution >= 4 is 23.9 Å². The van der Waals surface area contributed by atoms with Crippen LogP contribution in [0.5, 0.6) is 0 Å². The first-order chi connectivity index (χ1) is 15.4. The molecule has 184 valence electrons. The van der Waals surface area contributed by atoms with Crippen LogP contribution in [0.1, 0.15) is 48.5 Å². The third-order valence-corrected chi connectivity index (χ3v) is 5.29. The number of carbonyl (C=O) groups excluding carboxylic acids is 4. The molecule has 0 aliphatic heterocycles. The minimum absolute atomic E-state index is 0.186. The van der Waals surface area contributed by atoms with Gasteiger partial charge in [0.25, 0.3) is 0 Å². The summed E-state index contributed by atoms with van der Waals surface area (Å²) < 4.78 is 21.2. The summed E-state index contributed by atoms with van der Waals surface area (Å²) in [7, 11) is 0. The highest BCUT2D eigenvalue weighted by molar-refractivity contribution is 5.89.